The quantitative estimate of drug-likeness (QED) is 0.287. The van der Waals surface area contributed by atoms with Crippen molar-refractivity contribution in [3.8, 4) is 11.1 Å². The molecule has 4 rings (SSSR count). The Morgan fingerprint density at radius 1 is 1.14 bits per heavy atom. The van der Waals surface area contributed by atoms with E-state index in [1.807, 2.05) is 24.3 Å². The molecule has 194 valence electrons. The Balaban J connectivity index is 1.64. The Hall–Kier alpha value is -3.63. The Morgan fingerprint density at radius 2 is 1.84 bits per heavy atom. The molecular weight excluding hydrogens is 514 g/mol. The highest BCUT2D eigenvalue weighted by Crippen LogP contribution is 2.30. The lowest BCUT2D eigenvalue weighted by Crippen LogP contribution is -2.19. The van der Waals surface area contributed by atoms with E-state index in [1.165, 1.54) is 0 Å². The van der Waals surface area contributed by atoms with Gasteiger partial charge >= 0.3 is 0 Å². The smallest absolute Gasteiger partial charge is 0.268 e. The van der Waals surface area contributed by atoms with Crippen molar-refractivity contribution in [1.82, 2.24) is 14.7 Å². The molecule has 37 heavy (non-hydrogen) atoms. The number of carbonyl (C=O) groups is 1. The molecule has 2 aromatic carbocycles. The van der Waals surface area contributed by atoms with E-state index in [9.17, 15) is 13.2 Å². The zero-order chi connectivity index (χ0) is 26.7. The summed E-state index contributed by atoms with van der Waals surface area (Å²) in [7, 11) is -3.94. The zero-order valence-electron chi connectivity index (χ0n) is 20.8. The summed E-state index contributed by atoms with van der Waals surface area (Å²) in [6, 6.07) is 14.2. The van der Waals surface area contributed by atoms with Gasteiger partial charge in [-0.2, -0.15) is 0 Å². The molecule has 4 aromatic rings. The van der Waals surface area contributed by atoms with E-state index in [2.05, 4.69) is 21.8 Å². The summed E-state index contributed by atoms with van der Waals surface area (Å²) in [5.41, 5.74) is 8.50. The van der Waals surface area contributed by atoms with Crippen LogP contribution >= 0.6 is 11.6 Å². The number of nitrogens with one attached hydrogen (secondary N) is 1. The fourth-order valence-electron chi connectivity index (χ4n) is 4.00. The number of unbranched alkanes of at least 4 members (excludes halogenated alkanes) is 1. The van der Waals surface area contributed by atoms with Crippen LogP contribution in [0.25, 0.3) is 11.1 Å². The highest BCUT2D eigenvalue weighted by atomic mass is 35.5. The average molecular weight is 542 g/mol. The van der Waals surface area contributed by atoms with Gasteiger partial charge in [-0.25, -0.2) is 13.4 Å². The number of anilines is 1. The molecule has 9 nitrogen and oxygen atoms in total. The molecule has 0 saturated carbocycles. The van der Waals surface area contributed by atoms with E-state index in [4.69, 9.17) is 21.9 Å². The number of sulfonamides is 1. The molecule has 2 aromatic heterocycles. The monoisotopic (exact) mass is 541 g/mol. The summed E-state index contributed by atoms with van der Waals surface area (Å²) in [5, 5.41) is 3.91. The number of benzene rings is 2. The molecule has 0 unspecified atom stereocenters. The molecule has 2 heterocycles. The lowest BCUT2D eigenvalue weighted by molar-refractivity contribution is 0.0991. The molecule has 0 aliphatic carbocycles. The number of nitrogens with two attached hydrogens (primary N) is 1. The molecule has 0 saturated heterocycles. The molecule has 11 heteroatoms. The van der Waals surface area contributed by atoms with Gasteiger partial charge in [-0.3, -0.25) is 9.52 Å². The molecule has 0 bridgehead atoms. The number of aryl methyl sites for hydroxylation is 2. The maximum Gasteiger partial charge on any atom is 0.268 e. The number of carbonyl (C=O) groups excluding carboxylic acids is 1. The zero-order valence-corrected chi connectivity index (χ0v) is 22.4. The first-order valence-electron chi connectivity index (χ1n) is 11.8. The summed E-state index contributed by atoms with van der Waals surface area (Å²) in [6.07, 6.45) is 2.54. The van der Waals surface area contributed by atoms with Crippen molar-refractivity contribution in [2.24, 2.45) is 5.73 Å². The van der Waals surface area contributed by atoms with Crippen molar-refractivity contribution < 1.29 is 17.7 Å². The molecule has 0 fully saturated rings. The van der Waals surface area contributed by atoms with Crippen LogP contribution < -0.4 is 10.5 Å². The number of halogens is 1. The van der Waals surface area contributed by atoms with Crippen LogP contribution in [0.4, 0.5) is 5.82 Å². The van der Waals surface area contributed by atoms with Gasteiger partial charge < -0.3 is 14.8 Å². The van der Waals surface area contributed by atoms with Gasteiger partial charge in [-0.05, 0) is 37.5 Å². The topological polar surface area (TPSA) is 133 Å². The number of primary amides is 1. The summed E-state index contributed by atoms with van der Waals surface area (Å²) in [5.74, 6) is 0.760. The second kappa shape index (κ2) is 10.8. The number of aromatic nitrogens is 3. The highest BCUT2D eigenvalue weighted by molar-refractivity contribution is 7.92. The van der Waals surface area contributed by atoms with Crippen LogP contribution in [-0.4, -0.2) is 29.0 Å². The average Bonchev–Trinajstić information content (AvgIpc) is 3.35. The maximum absolute atomic E-state index is 13.2. The Morgan fingerprint density at radius 3 is 2.46 bits per heavy atom. The minimum absolute atomic E-state index is 0.0967. The molecule has 3 N–H and O–H groups in total. The van der Waals surface area contributed by atoms with Crippen molar-refractivity contribution in [1.29, 1.82) is 0 Å². The first-order valence-corrected chi connectivity index (χ1v) is 13.7. The summed E-state index contributed by atoms with van der Waals surface area (Å²) in [4.78, 5) is 16.5. The number of imidazole rings is 1. The van der Waals surface area contributed by atoms with Gasteiger partial charge in [0.1, 0.15) is 17.3 Å². The molecule has 0 aliphatic heterocycles. The molecule has 0 atom stereocenters. The van der Waals surface area contributed by atoms with Crippen molar-refractivity contribution in [3.63, 3.8) is 0 Å². The molecule has 1 amide bonds. The predicted octanol–water partition coefficient (Wildman–Crippen LogP) is 5.10. The lowest BCUT2D eigenvalue weighted by atomic mass is 10.0. The minimum atomic E-state index is -3.94. The van der Waals surface area contributed by atoms with Gasteiger partial charge in [0.2, 0.25) is 0 Å². The standard InChI is InChI=1S/C26H28ClN5O4S/c1-4-5-10-22-29-24(27)23(25(28)33)32(22)15-18-11-13-19(14-12-18)20-8-6-7-9-21(20)37(34,35)31-26-16(2)17(3)36-30-26/h6-9,11-14H,4-5,10,15H2,1-3H3,(H2,28,33)(H,30,31). The van der Waals surface area contributed by atoms with Gasteiger partial charge in [-0.1, -0.05) is 72.6 Å². The highest BCUT2D eigenvalue weighted by Gasteiger charge is 2.23. The fourth-order valence-corrected chi connectivity index (χ4v) is 5.59. The summed E-state index contributed by atoms with van der Waals surface area (Å²) >= 11 is 6.22. The SMILES string of the molecule is CCCCc1nc(Cl)c(C(N)=O)n1Cc1ccc(-c2ccccc2S(=O)(=O)Nc2noc(C)c2C)cc1. The van der Waals surface area contributed by atoms with Crippen molar-refractivity contribution in [2.45, 2.75) is 51.5 Å². The van der Waals surface area contributed by atoms with Gasteiger partial charge in [-0.15, -0.1) is 0 Å². The Kier molecular flexibility index (Phi) is 7.70. The summed E-state index contributed by atoms with van der Waals surface area (Å²) < 4.78 is 35.8. The number of hydrogen-bond donors (Lipinski definition) is 2. The number of amides is 1. The second-order valence-electron chi connectivity index (χ2n) is 8.73. The normalized spacial score (nSPS) is 11.6. The van der Waals surface area contributed by atoms with Crippen LogP contribution in [0.1, 0.15) is 53.0 Å². The number of nitrogens with zero attached hydrogens (tertiary/aromatic N) is 3. The Labute approximate surface area is 220 Å². The fraction of sp³-hybridized carbons (Fsp3) is 0.269. The van der Waals surface area contributed by atoms with Crippen LogP contribution in [-0.2, 0) is 23.0 Å². The number of hydrogen-bond acceptors (Lipinski definition) is 6. The second-order valence-corrected chi connectivity index (χ2v) is 10.7. The Bertz CT molecular complexity index is 1540. The van der Waals surface area contributed by atoms with Gasteiger partial charge in [0.25, 0.3) is 15.9 Å². The first-order chi connectivity index (χ1) is 17.6. The van der Waals surface area contributed by atoms with Gasteiger partial charge in [0, 0.05) is 24.1 Å². The van der Waals surface area contributed by atoms with Crippen molar-refractivity contribution in [2.75, 3.05) is 4.72 Å². The van der Waals surface area contributed by atoms with E-state index in [-0.39, 0.29) is 21.6 Å². The van der Waals surface area contributed by atoms with Crippen LogP contribution in [0.15, 0.2) is 57.9 Å². The predicted molar refractivity (Wildman–Crippen MR) is 142 cm³/mol. The third-order valence-corrected chi connectivity index (χ3v) is 7.82. The molecule has 0 spiro atoms. The minimum Gasteiger partial charge on any atom is -0.364 e. The van der Waals surface area contributed by atoms with Crippen molar-refractivity contribution >= 4 is 33.3 Å². The number of rotatable bonds is 10. The third kappa shape index (κ3) is 5.55. The van der Waals surface area contributed by atoms with E-state index in [0.717, 1.165) is 18.4 Å². The van der Waals surface area contributed by atoms with Crippen LogP contribution in [0, 0.1) is 13.8 Å². The lowest BCUT2D eigenvalue weighted by Gasteiger charge is -2.13. The third-order valence-electron chi connectivity index (χ3n) is 6.16. The van der Waals surface area contributed by atoms with E-state index in [0.29, 0.717) is 41.2 Å². The maximum atomic E-state index is 13.2. The van der Waals surface area contributed by atoms with E-state index in [1.54, 1.807) is 42.7 Å². The van der Waals surface area contributed by atoms with Gasteiger partial charge in [0.05, 0.1) is 4.90 Å². The molecule has 0 radical (unpaired) electrons. The van der Waals surface area contributed by atoms with Crippen molar-refractivity contribution in [3.05, 3.63) is 82.1 Å². The van der Waals surface area contributed by atoms with Crippen LogP contribution in [0.3, 0.4) is 0 Å². The molecule has 0 aliphatic rings. The summed E-state index contributed by atoms with van der Waals surface area (Å²) in [6.45, 7) is 5.87. The van der Waals surface area contributed by atoms with Crippen LogP contribution in [0.2, 0.25) is 5.15 Å². The largest absolute Gasteiger partial charge is 0.364 e. The van der Waals surface area contributed by atoms with Gasteiger partial charge in [0.15, 0.2) is 11.0 Å². The van der Waals surface area contributed by atoms with E-state index < -0.39 is 15.9 Å². The molecular formula is C26H28ClN5O4S. The first kappa shape index (κ1) is 26.4. The van der Waals surface area contributed by atoms with Crippen LogP contribution in [0.5, 0.6) is 0 Å². The van der Waals surface area contributed by atoms with E-state index >= 15 is 0 Å².